The van der Waals surface area contributed by atoms with E-state index in [1.54, 1.807) is 0 Å². The minimum Gasteiger partial charge on any atom is -0.394 e. The Hall–Kier alpha value is -2.27. The zero-order valence-electron chi connectivity index (χ0n) is 20.6. The second-order valence-electron chi connectivity index (χ2n) is 10.5. The highest BCUT2D eigenvalue weighted by atomic mass is 32.2. The number of carbonyl (C=O) groups is 1. The van der Waals surface area contributed by atoms with Gasteiger partial charge in [0, 0.05) is 30.7 Å². The smallest absolute Gasteiger partial charge is 0.253 e. The van der Waals surface area contributed by atoms with Crippen molar-refractivity contribution in [3.05, 3.63) is 36.0 Å². The number of hydrogen-bond donors (Lipinski definition) is 3. The first-order valence-corrected chi connectivity index (χ1v) is 14.7. The van der Waals surface area contributed by atoms with E-state index in [2.05, 4.69) is 5.32 Å². The summed E-state index contributed by atoms with van der Waals surface area (Å²) in [6, 6.07) is 7.74. The first-order chi connectivity index (χ1) is 17.3. The van der Waals surface area contributed by atoms with E-state index >= 15 is 0 Å². The van der Waals surface area contributed by atoms with E-state index < -0.39 is 21.7 Å². The molecule has 1 aliphatic carbocycles. The van der Waals surface area contributed by atoms with Gasteiger partial charge in [0.2, 0.25) is 10.0 Å². The van der Waals surface area contributed by atoms with Gasteiger partial charge in [-0.25, -0.2) is 12.7 Å². The average Bonchev–Trinajstić information content (AvgIpc) is 3.43. The van der Waals surface area contributed by atoms with Crippen LogP contribution in [0.4, 0.5) is 0 Å². The molecule has 1 atom stereocenters. The van der Waals surface area contributed by atoms with E-state index in [0.29, 0.717) is 44.8 Å². The van der Waals surface area contributed by atoms with E-state index in [0.717, 1.165) is 35.1 Å². The standard InChI is InChI=1S/C26H36N4O5S/c31-18-22(32)17-29-12-8-21-16-19(6-7-23(21)29)9-15-36(34,35)30-13-10-26(11-14-30)25(33)27-24(28-26)20-4-2-1-3-5-20/h6-8,12,16,20,22,31-32H,1-5,9-11,13-15,17-18H2,(H,27,28,33)/t22-/m0/s1. The van der Waals surface area contributed by atoms with Crippen LogP contribution in [0.3, 0.4) is 0 Å². The van der Waals surface area contributed by atoms with Gasteiger partial charge in [-0.2, -0.15) is 0 Å². The largest absolute Gasteiger partial charge is 0.394 e. The Bertz CT molecular complexity index is 1240. The van der Waals surface area contributed by atoms with E-state index in [4.69, 9.17) is 10.1 Å². The van der Waals surface area contributed by atoms with Crippen molar-refractivity contribution >= 4 is 32.7 Å². The number of aliphatic hydroxyl groups excluding tert-OH is 2. The molecule has 3 aliphatic rings. The van der Waals surface area contributed by atoms with Crippen molar-refractivity contribution in [3.8, 4) is 0 Å². The number of amidine groups is 1. The van der Waals surface area contributed by atoms with E-state index in [1.807, 2.05) is 35.0 Å². The molecule has 1 aromatic carbocycles. The number of hydrogen-bond acceptors (Lipinski definition) is 6. The number of aryl methyl sites for hydroxylation is 1. The van der Waals surface area contributed by atoms with Crippen molar-refractivity contribution in [2.45, 2.75) is 69.6 Å². The Balaban J connectivity index is 1.19. The fourth-order valence-electron chi connectivity index (χ4n) is 5.81. The van der Waals surface area contributed by atoms with Gasteiger partial charge < -0.3 is 20.1 Å². The topological polar surface area (TPSA) is 124 Å². The molecule has 2 aliphatic heterocycles. The molecule has 3 heterocycles. The molecule has 10 heteroatoms. The number of sulfonamides is 1. The zero-order valence-corrected chi connectivity index (χ0v) is 21.4. The summed E-state index contributed by atoms with van der Waals surface area (Å²) >= 11 is 0. The summed E-state index contributed by atoms with van der Waals surface area (Å²) < 4.78 is 29.6. The number of carbonyl (C=O) groups excluding carboxylic acids is 1. The number of amides is 1. The van der Waals surface area contributed by atoms with Crippen LogP contribution in [0.5, 0.6) is 0 Å². The Morgan fingerprint density at radius 1 is 1.14 bits per heavy atom. The van der Waals surface area contributed by atoms with Crippen LogP contribution in [0.2, 0.25) is 0 Å². The summed E-state index contributed by atoms with van der Waals surface area (Å²) in [6.45, 7) is 0.624. The van der Waals surface area contributed by atoms with Gasteiger partial charge in [0.25, 0.3) is 5.91 Å². The highest BCUT2D eigenvalue weighted by molar-refractivity contribution is 7.89. The molecule has 5 rings (SSSR count). The Kier molecular flexibility index (Phi) is 7.22. The van der Waals surface area contributed by atoms with Crippen LogP contribution in [0.25, 0.3) is 10.9 Å². The highest BCUT2D eigenvalue weighted by Gasteiger charge is 2.48. The molecular weight excluding hydrogens is 480 g/mol. The van der Waals surface area contributed by atoms with Gasteiger partial charge in [-0.05, 0) is 61.3 Å². The van der Waals surface area contributed by atoms with Crippen molar-refractivity contribution in [2.24, 2.45) is 10.9 Å². The van der Waals surface area contributed by atoms with Crippen LogP contribution in [-0.2, 0) is 27.8 Å². The summed E-state index contributed by atoms with van der Waals surface area (Å²) in [5, 5.41) is 22.8. The fourth-order valence-corrected chi connectivity index (χ4v) is 7.30. The summed E-state index contributed by atoms with van der Waals surface area (Å²) in [6.07, 6.45) is 7.99. The number of rotatable bonds is 8. The fraction of sp³-hybridized carbons (Fsp3) is 0.615. The molecule has 1 aromatic heterocycles. The van der Waals surface area contributed by atoms with E-state index in [9.17, 15) is 18.3 Å². The van der Waals surface area contributed by atoms with Gasteiger partial charge in [0.1, 0.15) is 11.4 Å². The van der Waals surface area contributed by atoms with Gasteiger partial charge in [-0.3, -0.25) is 9.79 Å². The third-order valence-corrected chi connectivity index (χ3v) is 9.91. The second kappa shape index (κ2) is 10.2. The molecule has 196 valence electrons. The Morgan fingerprint density at radius 2 is 1.89 bits per heavy atom. The molecule has 2 aromatic rings. The van der Waals surface area contributed by atoms with Crippen molar-refractivity contribution in [1.29, 1.82) is 0 Å². The monoisotopic (exact) mass is 516 g/mol. The van der Waals surface area contributed by atoms with Crippen molar-refractivity contribution in [3.63, 3.8) is 0 Å². The van der Waals surface area contributed by atoms with Gasteiger partial charge in [0.15, 0.2) is 0 Å². The lowest BCUT2D eigenvalue weighted by atomic mass is 9.88. The van der Waals surface area contributed by atoms with Crippen LogP contribution in [0, 0.1) is 5.92 Å². The number of nitrogens with one attached hydrogen (secondary N) is 1. The van der Waals surface area contributed by atoms with Crippen molar-refractivity contribution < 1.29 is 23.4 Å². The van der Waals surface area contributed by atoms with Crippen LogP contribution < -0.4 is 5.32 Å². The molecule has 2 fully saturated rings. The van der Waals surface area contributed by atoms with E-state index in [-0.39, 0.29) is 18.3 Å². The summed E-state index contributed by atoms with van der Waals surface area (Å²) in [5.41, 5.74) is 1.05. The molecule has 9 nitrogen and oxygen atoms in total. The molecule has 1 saturated heterocycles. The number of piperidine rings is 1. The van der Waals surface area contributed by atoms with Crippen molar-refractivity contribution in [1.82, 2.24) is 14.2 Å². The molecule has 3 N–H and O–H groups in total. The quantitative estimate of drug-likeness (QED) is 0.494. The lowest BCUT2D eigenvalue weighted by Gasteiger charge is -2.34. The van der Waals surface area contributed by atoms with Crippen LogP contribution >= 0.6 is 0 Å². The van der Waals surface area contributed by atoms with Crippen molar-refractivity contribution in [2.75, 3.05) is 25.4 Å². The molecule has 1 saturated carbocycles. The number of aliphatic imine (C=N–C) groups is 1. The minimum absolute atomic E-state index is 0.0121. The first-order valence-electron chi connectivity index (χ1n) is 13.1. The SMILES string of the molecule is O=C1NC(C2CCCCC2)=NC12CCN(S(=O)(=O)CCc1ccc3c(ccn3C[C@H](O)CO)c1)CC2. The van der Waals surface area contributed by atoms with Gasteiger partial charge in [0.05, 0.1) is 25.0 Å². The van der Waals surface area contributed by atoms with Crippen LogP contribution in [0.1, 0.15) is 50.5 Å². The lowest BCUT2D eigenvalue weighted by molar-refractivity contribution is -0.125. The molecule has 0 bridgehead atoms. The maximum atomic E-state index is 13.1. The van der Waals surface area contributed by atoms with Crippen LogP contribution in [0.15, 0.2) is 35.5 Å². The number of aliphatic hydroxyl groups is 2. The highest BCUT2D eigenvalue weighted by Crippen LogP contribution is 2.35. The predicted molar refractivity (Wildman–Crippen MR) is 138 cm³/mol. The average molecular weight is 517 g/mol. The lowest BCUT2D eigenvalue weighted by Crippen LogP contribution is -2.51. The summed E-state index contributed by atoms with van der Waals surface area (Å²) in [5.74, 6) is 1.11. The normalized spacial score (nSPS) is 22.2. The third-order valence-electron chi connectivity index (χ3n) is 8.04. The number of aromatic nitrogens is 1. The van der Waals surface area contributed by atoms with Crippen LogP contribution in [-0.4, -0.2) is 76.3 Å². The van der Waals surface area contributed by atoms with Gasteiger partial charge in [-0.1, -0.05) is 25.3 Å². The van der Waals surface area contributed by atoms with Gasteiger partial charge >= 0.3 is 0 Å². The molecule has 1 amide bonds. The Labute approximate surface area is 212 Å². The van der Waals surface area contributed by atoms with E-state index in [1.165, 1.54) is 23.6 Å². The maximum absolute atomic E-state index is 13.1. The minimum atomic E-state index is -3.46. The third kappa shape index (κ3) is 5.09. The second-order valence-corrected chi connectivity index (χ2v) is 12.6. The maximum Gasteiger partial charge on any atom is 0.253 e. The molecule has 0 radical (unpaired) electrons. The molecule has 36 heavy (non-hydrogen) atoms. The van der Waals surface area contributed by atoms with Gasteiger partial charge in [-0.15, -0.1) is 0 Å². The zero-order chi connectivity index (χ0) is 25.3. The predicted octanol–water partition coefficient (Wildman–Crippen LogP) is 1.81. The summed E-state index contributed by atoms with van der Waals surface area (Å²) in [4.78, 5) is 17.7. The number of fused-ring (bicyclic) bond motifs is 1. The molecule has 1 spiro atoms. The molecule has 0 unspecified atom stereocenters. The number of nitrogens with zero attached hydrogens (tertiary/aromatic N) is 3. The number of benzene rings is 1. The molecular formula is C26H36N4O5S. The first kappa shape index (κ1) is 25.4. The summed E-state index contributed by atoms with van der Waals surface area (Å²) in [7, 11) is -3.46. The Morgan fingerprint density at radius 3 is 2.61 bits per heavy atom.